The van der Waals surface area contributed by atoms with Crippen molar-refractivity contribution in [3.8, 4) is 0 Å². The highest BCUT2D eigenvalue weighted by molar-refractivity contribution is 7.87. The number of nitrogens with zero attached hydrogens (tertiary/aromatic N) is 2. The van der Waals surface area contributed by atoms with Gasteiger partial charge in [0.25, 0.3) is 10.2 Å². The van der Waals surface area contributed by atoms with Crippen molar-refractivity contribution in [1.29, 1.82) is 0 Å². The van der Waals surface area contributed by atoms with Gasteiger partial charge >= 0.3 is 0 Å². The van der Waals surface area contributed by atoms with Crippen molar-refractivity contribution < 1.29 is 13.2 Å². The van der Waals surface area contributed by atoms with Gasteiger partial charge in [0.2, 0.25) is 0 Å². The van der Waals surface area contributed by atoms with Crippen molar-refractivity contribution in [2.75, 3.05) is 46.4 Å². The summed E-state index contributed by atoms with van der Waals surface area (Å²) >= 11 is 0. The molecule has 0 aromatic heterocycles. The highest BCUT2D eigenvalue weighted by Gasteiger charge is 2.24. The lowest BCUT2D eigenvalue weighted by molar-refractivity contribution is 0.102. The molecule has 2 rings (SSSR count). The van der Waals surface area contributed by atoms with Crippen molar-refractivity contribution >= 4 is 10.2 Å². The van der Waals surface area contributed by atoms with Gasteiger partial charge in [-0.25, -0.2) is 4.72 Å². The molecule has 0 saturated carbocycles. The van der Waals surface area contributed by atoms with Gasteiger partial charge in [0, 0.05) is 39.3 Å². The lowest BCUT2D eigenvalue weighted by Crippen LogP contribution is -2.51. The van der Waals surface area contributed by atoms with Crippen LogP contribution in [-0.4, -0.2) is 70.1 Å². The molecule has 2 fully saturated rings. The first kappa shape index (κ1) is 16.2. The minimum absolute atomic E-state index is 0.407. The molecule has 0 spiro atoms. The molecule has 0 aromatic carbocycles. The molecule has 2 heterocycles. The Labute approximate surface area is 122 Å². The minimum Gasteiger partial charge on any atom is -0.378 e. The van der Waals surface area contributed by atoms with E-state index in [4.69, 9.17) is 4.74 Å². The van der Waals surface area contributed by atoms with Crippen molar-refractivity contribution in [2.45, 2.75) is 38.2 Å². The molecule has 2 aliphatic heterocycles. The quantitative estimate of drug-likeness (QED) is 0.692. The Morgan fingerprint density at radius 1 is 1.20 bits per heavy atom. The average Bonchev–Trinajstić information content (AvgIpc) is 2.92. The number of hydrogen-bond donors (Lipinski definition) is 1. The van der Waals surface area contributed by atoms with Gasteiger partial charge in [-0.15, -0.1) is 0 Å². The summed E-state index contributed by atoms with van der Waals surface area (Å²) in [5, 5.41) is 0. The van der Waals surface area contributed by atoms with Gasteiger partial charge in [-0.1, -0.05) is 0 Å². The van der Waals surface area contributed by atoms with Crippen molar-refractivity contribution in [1.82, 2.24) is 13.9 Å². The minimum atomic E-state index is -3.28. The fraction of sp³-hybridized carbons (Fsp3) is 1.00. The second-order valence-electron chi connectivity index (χ2n) is 5.73. The highest BCUT2D eigenvalue weighted by atomic mass is 32.2. The summed E-state index contributed by atoms with van der Waals surface area (Å²) in [6.07, 6.45) is 5.69. The average molecular weight is 305 g/mol. The molecule has 1 atom stereocenters. The van der Waals surface area contributed by atoms with Crippen LogP contribution in [0.3, 0.4) is 0 Å². The normalized spacial score (nSPS) is 26.1. The van der Waals surface area contributed by atoms with Gasteiger partial charge in [0.15, 0.2) is 0 Å². The number of rotatable bonds is 7. The van der Waals surface area contributed by atoms with Crippen LogP contribution in [-0.2, 0) is 14.9 Å². The Bertz CT molecular complexity index is 374. The zero-order chi connectivity index (χ0) is 14.4. The van der Waals surface area contributed by atoms with Gasteiger partial charge in [0.05, 0.1) is 6.10 Å². The zero-order valence-electron chi connectivity index (χ0n) is 12.4. The first-order valence-electron chi connectivity index (χ1n) is 7.63. The first-order valence-corrected chi connectivity index (χ1v) is 9.07. The molecule has 0 amide bonds. The van der Waals surface area contributed by atoms with Crippen LogP contribution in [0.2, 0.25) is 0 Å². The molecule has 20 heavy (non-hydrogen) atoms. The lowest BCUT2D eigenvalue weighted by atomic mass is 10.1. The van der Waals surface area contributed by atoms with Gasteiger partial charge in [-0.3, -0.25) is 0 Å². The number of ether oxygens (including phenoxy) is 1. The number of unbranched alkanes of at least 4 members (excludes halogenated alkanes) is 1. The van der Waals surface area contributed by atoms with Crippen LogP contribution < -0.4 is 4.72 Å². The van der Waals surface area contributed by atoms with Crippen LogP contribution >= 0.6 is 0 Å². The predicted molar refractivity (Wildman–Crippen MR) is 78.8 cm³/mol. The van der Waals surface area contributed by atoms with Crippen LogP contribution in [0.1, 0.15) is 32.1 Å². The SMILES string of the molecule is CN1CCN(S(=O)(=O)NCCCC[C@H]2CCCO2)CC1. The first-order chi connectivity index (χ1) is 9.58. The van der Waals surface area contributed by atoms with Crippen LogP contribution in [0.25, 0.3) is 0 Å². The van der Waals surface area contributed by atoms with E-state index in [2.05, 4.69) is 9.62 Å². The third-order valence-corrected chi connectivity index (χ3v) is 5.68. The third kappa shape index (κ3) is 4.96. The van der Waals surface area contributed by atoms with E-state index in [-0.39, 0.29) is 0 Å². The molecule has 2 aliphatic rings. The fourth-order valence-electron chi connectivity index (χ4n) is 2.69. The number of nitrogens with one attached hydrogen (secondary N) is 1. The summed E-state index contributed by atoms with van der Waals surface area (Å²) < 4.78 is 34.0. The molecule has 118 valence electrons. The molecule has 0 radical (unpaired) electrons. The lowest BCUT2D eigenvalue weighted by Gasteiger charge is -2.31. The summed E-state index contributed by atoms with van der Waals surface area (Å²) in [6.45, 7) is 4.20. The summed E-state index contributed by atoms with van der Waals surface area (Å²) in [6, 6.07) is 0. The van der Waals surface area contributed by atoms with Crippen LogP contribution in [0, 0.1) is 0 Å². The Morgan fingerprint density at radius 3 is 2.60 bits per heavy atom. The summed E-state index contributed by atoms with van der Waals surface area (Å²) in [4.78, 5) is 2.15. The van der Waals surface area contributed by atoms with Gasteiger partial charge in [0.1, 0.15) is 0 Å². The van der Waals surface area contributed by atoms with E-state index in [1.807, 2.05) is 7.05 Å². The second kappa shape index (κ2) is 7.70. The summed E-state index contributed by atoms with van der Waals surface area (Å²) in [5.74, 6) is 0. The molecule has 7 heteroatoms. The molecule has 0 aromatic rings. The number of hydrogen-bond acceptors (Lipinski definition) is 4. The molecule has 0 bridgehead atoms. The topological polar surface area (TPSA) is 61.9 Å². The van der Waals surface area contributed by atoms with Gasteiger partial charge in [-0.2, -0.15) is 12.7 Å². The fourth-order valence-corrected chi connectivity index (χ4v) is 3.92. The highest BCUT2D eigenvalue weighted by Crippen LogP contribution is 2.17. The molecular formula is C13H27N3O3S. The molecule has 2 saturated heterocycles. The maximum absolute atomic E-state index is 12.1. The third-order valence-electron chi connectivity index (χ3n) is 4.06. The Balaban J connectivity index is 1.59. The van der Waals surface area contributed by atoms with Gasteiger partial charge in [-0.05, 0) is 39.2 Å². The molecular weight excluding hydrogens is 278 g/mol. The van der Waals surface area contributed by atoms with Crippen molar-refractivity contribution in [3.05, 3.63) is 0 Å². The summed E-state index contributed by atoms with van der Waals surface area (Å²) in [5.41, 5.74) is 0. The molecule has 6 nitrogen and oxygen atoms in total. The maximum Gasteiger partial charge on any atom is 0.279 e. The van der Waals surface area contributed by atoms with E-state index < -0.39 is 10.2 Å². The van der Waals surface area contributed by atoms with Crippen LogP contribution in [0.4, 0.5) is 0 Å². The summed E-state index contributed by atoms with van der Waals surface area (Å²) in [7, 11) is -1.26. The van der Waals surface area contributed by atoms with Crippen molar-refractivity contribution in [2.24, 2.45) is 0 Å². The largest absolute Gasteiger partial charge is 0.378 e. The Morgan fingerprint density at radius 2 is 1.95 bits per heavy atom. The van der Waals surface area contributed by atoms with E-state index in [1.54, 1.807) is 4.31 Å². The monoisotopic (exact) mass is 305 g/mol. The second-order valence-corrected chi connectivity index (χ2v) is 7.49. The van der Waals surface area contributed by atoms with E-state index in [9.17, 15) is 8.42 Å². The number of piperazine rings is 1. The number of likely N-dealkylation sites (N-methyl/N-ethyl adjacent to an activating group) is 1. The smallest absolute Gasteiger partial charge is 0.279 e. The van der Waals surface area contributed by atoms with E-state index in [0.717, 1.165) is 45.4 Å². The Hall–Kier alpha value is -0.210. The molecule has 0 aliphatic carbocycles. The molecule has 1 N–H and O–H groups in total. The zero-order valence-corrected chi connectivity index (χ0v) is 13.2. The molecule has 0 unspecified atom stereocenters. The van der Waals surface area contributed by atoms with Crippen LogP contribution in [0.15, 0.2) is 0 Å². The van der Waals surface area contributed by atoms with E-state index >= 15 is 0 Å². The van der Waals surface area contributed by atoms with Gasteiger partial charge < -0.3 is 9.64 Å². The predicted octanol–water partition coefficient (Wildman–Crippen LogP) is 0.418. The maximum atomic E-state index is 12.1. The van der Waals surface area contributed by atoms with Crippen LogP contribution in [0.5, 0.6) is 0 Å². The van der Waals surface area contributed by atoms with E-state index in [0.29, 0.717) is 25.7 Å². The standard InChI is InChI=1S/C13H27N3O3S/c1-15-8-10-16(11-9-15)20(17,18)14-7-3-2-5-13-6-4-12-19-13/h13-14H,2-12H2,1H3/t13-/m0/s1. The van der Waals surface area contributed by atoms with Crippen molar-refractivity contribution in [3.63, 3.8) is 0 Å². The Kier molecular flexibility index (Phi) is 6.22. The van der Waals surface area contributed by atoms with E-state index in [1.165, 1.54) is 6.42 Å².